The number of amides is 1. The van der Waals surface area contributed by atoms with E-state index in [2.05, 4.69) is 4.90 Å². The zero-order valence-corrected chi connectivity index (χ0v) is 16.2. The number of furan rings is 1. The van der Waals surface area contributed by atoms with Crippen molar-refractivity contribution in [2.75, 3.05) is 45.3 Å². The van der Waals surface area contributed by atoms with Crippen molar-refractivity contribution in [2.24, 2.45) is 0 Å². The molecule has 1 amide bonds. The third kappa shape index (κ3) is 3.43. The van der Waals surface area contributed by atoms with Crippen LogP contribution in [0.5, 0.6) is 5.75 Å². The van der Waals surface area contributed by atoms with E-state index < -0.39 is 0 Å². The van der Waals surface area contributed by atoms with Crippen molar-refractivity contribution in [3.8, 4) is 5.75 Å². The number of hydrogen-bond acceptors (Lipinski definition) is 5. The number of nitrogens with zero attached hydrogens (tertiary/aromatic N) is 2. The molecule has 0 bridgehead atoms. The van der Waals surface area contributed by atoms with E-state index in [-0.39, 0.29) is 5.91 Å². The van der Waals surface area contributed by atoms with Crippen LogP contribution in [-0.4, -0.2) is 51.2 Å². The number of rotatable bonds is 5. The van der Waals surface area contributed by atoms with Crippen LogP contribution in [0, 0.1) is 0 Å². The molecule has 1 fully saturated rings. The third-order valence-corrected chi connectivity index (χ3v) is 5.19. The van der Waals surface area contributed by atoms with E-state index in [1.807, 2.05) is 53.4 Å². The van der Waals surface area contributed by atoms with Gasteiger partial charge >= 0.3 is 0 Å². The summed E-state index contributed by atoms with van der Waals surface area (Å²) < 4.78 is 16.4. The van der Waals surface area contributed by atoms with Gasteiger partial charge in [0.05, 0.1) is 13.7 Å². The van der Waals surface area contributed by atoms with Gasteiger partial charge in [0.25, 0.3) is 5.91 Å². The second-order valence-electron chi connectivity index (χ2n) is 6.82. The van der Waals surface area contributed by atoms with Crippen LogP contribution < -0.4 is 9.64 Å². The Labute approximate surface area is 164 Å². The van der Waals surface area contributed by atoms with Gasteiger partial charge in [-0.2, -0.15) is 0 Å². The van der Waals surface area contributed by atoms with Gasteiger partial charge in [-0.25, -0.2) is 0 Å². The number of fused-ring (bicyclic) bond motifs is 1. The average molecular weight is 380 g/mol. The summed E-state index contributed by atoms with van der Waals surface area (Å²) in [6, 6.07) is 15.7. The first-order chi connectivity index (χ1) is 13.7. The first-order valence-electron chi connectivity index (χ1n) is 9.39. The Balaban J connectivity index is 1.49. The van der Waals surface area contributed by atoms with Crippen LogP contribution in [-0.2, 0) is 11.3 Å². The van der Waals surface area contributed by atoms with Gasteiger partial charge in [-0.3, -0.25) is 4.79 Å². The van der Waals surface area contributed by atoms with E-state index in [1.54, 1.807) is 14.2 Å². The number of ether oxygens (including phenoxy) is 2. The van der Waals surface area contributed by atoms with Crippen molar-refractivity contribution in [3.05, 3.63) is 59.9 Å². The van der Waals surface area contributed by atoms with Gasteiger partial charge in [0.15, 0.2) is 5.76 Å². The van der Waals surface area contributed by atoms with Crippen LogP contribution in [0.3, 0.4) is 0 Å². The fourth-order valence-corrected chi connectivity index (χ4v) is 3.66. The van der Waals surface area contributed by atoms with E-state index in [0.717, 1.165) is 41.1 Å². The number of piperazine rings is 1. The average Bonchev–Trinajstić information content (AvgIpc) is 3.12. The minimum Gasteiger partial charge on any atom is -0.497 e. The molecule has 6 heteroatoms. The monoisotopic (exact) mass is 380 g/mol. The zero-order chi connectivity index (χ0) is 19.5. The van der Waals surface area contributed by atoms with Crippen LogP contribution in [0.2, 0.25) is 0 Å². The summed E-state index contributed by atoms with van der Waals surface area (Å²) in [7, 11) is 3.29. The molecule has 0 atom stereocenters. The maximum Gasteiger partial charge on any atom is 0.290 e. The van der Waals surface area contributed by atoms with E-state index in [0.29, 0.717) is 25.5 Å². The lowest BCUT2D eigenvalue weighted by Crippen LogP contribution is -2.48. The maximum absolute atomic E-state index is 13.1. The van der Waals surface area contributed by atoms with E-state index in [9.17, 15) is 4.79 Å². The number of carbonyl (C=O) groups is 1. The minimum absolute atomic E-state index is 0.0716. The van der Waals surface area contributed by atoms with Gasteiger partial charge in [-0.15, -0.1) is 0 Å². The molecule has 1 aromatic heterocycles. The molecule has 0 unspecified atom stereocenters. The van der Waals surface area contributed by atoms with Crippen molar-refractivity contribution in [2.45, 2.75) is 6.61 Å². The molecule has 4 rings (SSSR count). The van der Waals surface area contributed by atoms with E-state index >= 15 is 0 Å². The largest absolute Gasteiger partial charge is 0.497 e. The summed E-state index contributed by atoms with van der Waals surface area (Å²) in [5, 5.41) is 0.935. The maximum atomic E-state index is 13.1. The number of methoxy groups -OCH3 is 2. The van der Waals surface area contributed by atoms with Gasteiger partial charge in [0.1, 0.15) is 11.3 Å². The Morgan fingerprint density at radius 1 is 1.00 bits per heavy atom. The summed E-state index contributed by atoms with van der Waals surface area (Å²) in [6.07, 6.45) is 0. The quantitative estimate of drug-likeness (QED) is 0.678. The SMILES string of the molecule is COCc1c(C(=O)N2CCN(c3ccc(OC)cc3)CC2)oc2ccccc12. The second-order valence-corrected chi connectivity index (χ2v) is 6.82. The van der Waals surface area contributed by atoms with Crippen LogP contribution in [0.25, 0.3) is 11.0 Å². The molecule has 1 aliphatic heterocycles. The highest BCUT2D eigenvalue weighted by molar-refractivity contribution is 5.99. The molecule has 6 nitrogen and oxygen atoms in total. The summed E-state index contributed by atoms with van der Waals surface area (Å²) in [6.45, 7) is 3.20. The van der Waals surface area contributed by atoms with Gasteiger partial charge in [0, 0.05) is 49.9 Å². The summed E-state index contributed by atoms with van der Waals surface area (Å²) in [5.41, 5.74) is 2.67. The lowest BCUT2D eigenvalue weighted by molar-refractivity contribution is 0.0710. The highest BCUT2D eigenvalue weighted by atomic mass is 16.5. The van der Waals surface area contributed by atoms with Crippen LogP contribution >= 0.6 is 0 Å². The lowest BCUT2D eigenvalue weighted by atomic mass is 10.1. The Kier molecular flexibility index (Phi) is 5.21. The Morgan fingerprint density at radius 2 is 1.71 bits per heavy atom. The predicted molar refractivity (Wildman–Crippen MR) is 108 cm³/mol. The minimum atomic E-state index is -0.0716. The molecule has 1 saturated heterocycles. The Bertz CT molecular complexity index is 956. The van der Waals surface area contributed by atoms with Gasteiger partial charge in [-0.05, 0) is 30.3 Å². The molecule has 1 aliphatic rings. The van der Waals surface area contributed by atoms with Crippen molar-refractivity contribution in [3.63, 3.8) is 0 Å². The highest BCUT2D eigenvalue weighted by Crippen LogP contribution is 2.28. The topological polar surface area (TPSA) is 55.2 Å². The molecule has 2 heterocycles. The number of carbonyl (C=O) groups excluding carboxylic acids is 1. The Morgan fingerprint density at radius 3 is 2.39 bits per heavy atom. The zero-order valence-electron chi connectivity index (χ0n) is 16.2. The summed E-state index contributed by atoms with van der Waals surface area (Å²) >= 11 is 0. The van der Waals surface area contributed by atoms with Crippen molar-refractivity contribution in [1.29, 1.82) is 0 Å². The third-order valence-electron chi connectivity index (χ3n) is 5.19. The molecule has 0 N–H and O–H groups in total. The van der Waals surface area contributed by atoms with Gasteiger partial charge < -0.3 is 23.7 Å². The fourth-order valence-electron chi connectivity index (χ4n) is 3.66. The summed E-state index contributed by atoms with van der Waals surface area (Å²) in [5.74, 6) is 1.16. The molecule has 2 aromatic carbocycles. The molecule has 146 valence electrons. The van der Waals surface area contributed by atoms with Gasteiger partial charge in [-0.1, -0.05) is 18.2 Å². The number of anilines is 1. The summed E-state index contributed by atoms with van der Waals surface area (Å²) in [4.78, 5) is 17.3. The van der Waals surface area contributed by atoms with E-state index in [4.69, 9.17) is 13.9 Å². The van der Waals surface area contributed by atoms with E-state index in [1.165, 1.54) is 0 Å². The molecule has 0 saturated carbocycles. The first kappa shape index (κ1) is 18.4. The van der Waals surface area contributed by atoms with Crippen molar-refractivity contribution in [1.82, 2.24) is 4.90 Å². The smallest absolute Gasteiger partial charge is 0.290 e. The number of hydrogen-bond donors (Lipinski definition) is 0. The van der Waals surface area contributed by atoms with Crippen LogP contribution in [0.1, 0.15) is 16.1 Å². The molecular weight excluding hydrogens is 356 g/mol. The molecule has 0 spiro atoms. The predicted octanol–water partition coefficient (Wildman–Crippen LogP) is 3.55. The molecule has 28 heavy (non-hydrogen) atoms. The molecule has 0 radical (unpaired) electrons. The number of para-hydroxylation sites is 1. The van der Waals surface area contributed by atoms with Crippen molar-refractivity contribution < 1.29 is 18.7 Å². The van der Waals surface area contributed by atoms with Gasteiger partial charge in [0.2, 0.25) is 0 Å². The Hall–Kier alpha value is -2.99. The van der Waals surface area contributed by atoms with Crippen LogP contribution in [0.4, 0.5) is 5.69 Å². The lowest BCUT2D eigenvalue weighted by Gasteiger charge is -2.35. The molecule has 0 aliphatic carbocycles. The fraction of sp³-hybridized carbons (Fsp3) is 0.318. The normalized spacial score (nSPS) is 14.5. The molecule has 3 aromatic rings. The van der Waals surface area contributed by atoms with Crippen LogP contribution in [0.15, 0.2) is 52.9 Å². The standard InChI is InChI=1S/C22H24N2O4/c1-26-15-19-18-5-3-4-6-20(18)28-21(19)22(25)24-13-11-23(12-14-24)16-7-9-17(27-2)10-8-16/h3-10H,11-15H2,1-2H3. The van der Waals surface area contributed by atoms with Crippen molar-refractivity contribution >= 4 is 22.6 Å². The number of benzene rings is 2. The highest BCUT2D eigenvalue weighted by Gasteiger charge is 2.28. The molecular formula is C22H24N2O4. The second kappa shape index (κ2) is 7.94. The first-order valence-corrected chi connectivity index (χ1v) is 9.39.